The average molecular weight is 422 g/mol. The molecule has 30 heavy (non-hydrogen) atoms. The van der Waals surface area contributed by atoms with Gasteiger partial charge in [0.1, 0.15) is 11.6 Å². The van der Waals surface area contributed by atoms with Crippen LogP contribution < -0.4 is 16.0 Å². The van der Waals surface area contributed by atoms with Crippen molar-refractivity contribution >= 4 is 23.8 Å². The minimum Gasteiger partial charge on any atom is -0.357 e. The van der Waals surface area contributed by atoms with Crippen LogP contribution >= 0.6 is 0 Å². The normalized spacial score (nSPS) is 18.4. The number of hydrogen-bond donors (Lipinski definition) is 3. The van der Waals surface area contributed by atoms with Crippen molar-refractivity contribution in [1.82, 2.24) is 20.9 Å². The fourth-order valence-electron chi connectivity index (χ4n) is 3.96. The van der Waals surface area contributed by atoms with Crippen molar-refractivity contribution in [2.75, 3.05) is 13.6 Å². The van der Waals surface area contributed by atoms with Crippen LogP contribution in [0, 0.1) is 11.6 Å². The zero-order valence-corrected chi connectivity index (χ0v) is 16.6. The smallest absolute Gasteiger partial charge is 0.325 e. The summed E-state index contributed by atoms with van der Waals surface area (Å²) in [6.07, 6.45) is 3.16. The summed E-state index contributed by atoms with van der Waals surface area (Å²) in [4.78, 5) is 50.3. The molecule has 1 atom stereocenters. The lowest BCUT2D eigenvalue weighted by Gasteiger charge is -2.20. The summed E-state index contributed by atoms with van der Waals surface area (Å²) in [6, 6.07) is 1.29. The molecule has 0 aromatic heterocycles. The molecule has 0 bridgehead atoms. The number of hydrogen-bond acceptors (Lipinski definition) is 4. The SMILES string of the molecule is CNC(=O)C(NC(=O)CCCN1C(=O)NC2(CCCC2)C1=O)c1ccc(F)c(F)c1. The number of likely N-dealkylation sites (N-methyl/N-ethyl adjacent to an activating group) is 1. The van der Waals surface area contributed by atoms with Gasteiger partial charge in [-0.3, -0.25) is 19.3 Å². The number of rotatable bonds is 7. The topological polar surface area (TPSA) is 108 Å². The molecule has 162 valence electrons. The fraction of sp³-hybridized carbons (Fsp3) is 0.500. The van der Waals surface area contributed by atoms with Gasteiger partial charge in [-0.25, -0.2) is 13.6 Å². The van der Waals surface area contributed by atoms with Crippen molar-refractivity contribution in [3.8, 4) is 0 Å². The van der Waals surface area contributed by atoms with Gasteiger partial charge in [0.15, 0.2) is 11.6 Å². The number of nitrogens with zero attached hydrogens (tertiary/aromatic N) is 1. The van der Waals surface area contributed by atoms with E-state index in [-0.39, 0.29) is 30.9 Å². The molecule has 1 aromatic carbocycles. The zero-order chi connectivity index (χ0) is 21.9. The molecule has 1 unspecified atom stereocenters. The number of nitrogens with one attached hydrogen (secondary N) is 3. The van der Waals surface area contributed by atoms with Gasteiger partial charge >= 0.3 is 6.03 Å². The number of carbonyl (C=O) groups is 4. The molecule has 3 rings (SSSR count). The lowest BCUT2D eigenvalue weighted by atomic mass is 9.98. The average Bonchev–Trinajstić information content (AvgIpc) is 3.28. The Morgan fingerprint density at radius 1 is 1.20 bits per heavy atom. The van der Waals surface area contributed by atoms with Crippen LogP contribution in [-0.2, 0) is 14.4 Å². The van der Waals surface area contributed by atoms with Gasteiger partial charge in [0.05, 0.1) is 0 Å². The highest BCUT2D eigenvalue weighted by molar-refractivity contribution is 6.07. The van der Waals surface area contributed by atoms with E-state index in [2.05, 4.69) is 16.0 Å². The van der Waals surface area contributed by atoms with Crippen LogP contribution in [0.3, 0.4) is 0 Å². The number of halogens is 2. The van der Waals surface area contributed by atoms with E-state index in [1.807, 2.05) is 0 Å². The summed E-state index contributed by atoms with van der Waals surface area (Å²) in [5.74, 6) is -3.55. The molecule has 1 aromatic rings. The predicted octanol–water partition coefficient (Wildman–Crippen LogP) is 1.51. The first-order valence-electron chi connectivity index (χ1n) is 9.87. The van der Waals surface area contributed by atoms with E-state index in [9.17, 15) is 28.0 Å². The van der Waals surface area contributed by atoms with Crippen LogP contribution in [-0.4, -0.2) is 47.8 Å². The predicted molar refractivity (Wildman–Crippen MR) is 102 cm³/mol. The monoisotopic (exact) mass is 422 g/mol. The van der Waals surface area contributed by atoms with Gasteiger partial charge in [-0.15, -0.1) is 0 Å². The van der Waals surface area contributed by atoms with E-state index in [1.54, 1.807) is 0 Å². The van der Waals surface area contributed by atoms with Crippen LogP contribution in [0.2, 0.25) is 0 Å². The quantitative estimate of drug-likeness (QED) is 0.579. The lowest BCUT2D eigenvalue weighted by Crippen LogP contribution is -2.44. The van der Waals surface area contributed by atoms with E-state index >= 15 is 0 Å². The van der Waals surface area contributed by atoms with Crippen molar-refractivity contribution < 1.29 is 28.0 Å². The first kappa shape index (κ1) is 21.7. The highest BCUT2D eigenvalue weighted by Gasteiger charge is 2.52. The standard InChI is InChI=1S/C20H24F2N4O4/c1-23-17(28)16(12-6-7-13(21)14(22)11-12)24-15(27)5-4-10-26-18(29)20(25-19(26)30)8-2-3-9-20/h6-7,11,16H,2-5,8-10H2,1H3,(H,23,28)(H,24,27)(H,25,30). The summed E-state index contributed by atoms with van der Waals surface area (Å²) >= 11 is 0. The molecule has 1 saturated heterocycles. The molecule has 1 aliphatic heterocycles. The number of carbonyl (C=O) groups excluding carboxylic acids is 4. The zero-order valence-electron chi connectivity index (χ0n) is 16.6. The highest BCUT2D eigenvalue weighted by atomic mass is 19.2. The van der Waals surface area contributed by atoms with Crippen LogP contribution in [0.1, 0.15) is 50.1 Å². The van der Waals surface area contributed by atoms with Crippen LogP contribution in [0.5, 0.6) is 0 Å². The highest BCUT2D eigenvalue weighted by Crippen LogP contribution is 2.35. The molecule has 3 N–H and O–H groups in total. The van der Waals surface area contributed by atoms with Gasteiger partial charge in [-0.05, 0) is 37.0 Å². The van der Waals surface area contributed by atoms with Gasteiger partial charge in [-0.1, -0.05) is 18.9 Å². The maximum absolute atomic E-state index is 13.5. The summed E-state index contributed by atoms with van der Waals surface area (Å²) in [5.41, 5.74) is -0.699. The molecular formula is C20H24F2N4O4. The Morgan fingerprint density at radius 3 is 2.53 bits per heavy atom. The Bertz CT molecular complexity index is 870. The molecule has 5 amide bonds. The first-order chi connectivity index (χ1) is 14.3. The second kappa shape index (κ2) is 8.76. The summed E-state index contributed by atoms with van der Waals surface area (Å²) in [7, 11) is 1.36. The van der Waals surface area contributed by atoms with Crippen LogP contribution in [0.4, 0.5) is 13.6 Å². The molecule has 2 fully saturated rings. The van der Waals surface area contributed by atoms with Crippen LogP contribution in [0.15, 0.2) is 18.2 Å². The van der Waals surface area contributed by atoms with Crippen molar-refractivity contribution in [2.24, 2.45) is 0 Å². The van der Waals surface area contributed by atoms with E-state index < -0.39 is 41.1 Å². The Balaban J connectivity index is 1.57. The van der Waals surface area contributed by atoms with Crippen molar-refractivity contribution in [3.05, 3.63) is 35.4 Å². The van der Waals surface area contributed by atoms with Crippen LogP contribution in [0.25, 0.3) is 0 Å². The molecule has 1 aliphatic carbocycles. The third-order valence-corrected chi connectivity index (χ3v) is 5.58. The second-order valence-electron chi connectivity index (χ2n) is 7.57. The molecule has 1 spiro atoms. The Labute approximate surface area is 172 Å². The molecule has 8 nitrogen and oxygen atoms in total. The van der Waals surface area contributed by atoms with Gasteiger partial charge in [-0.2, -0.15) is 0 Å². The fourth-order valence-corrected chi connectivity index (χ4v) is 3.96. The molecule has 1 saturated carbocycles. The van der Waals surface area contributed by atoms with E-state index in [0.29, 0.717) is 12.8 Å². The number of urea groups is 1. The molecule has 0 radical (unpaired) electrons. The van der Waals surface area contributed by atoms with Gasteiger partial charge in [0.25, 0.3) is 5.91 Å². The second-order valence-corrected chi connectivity index (χ2v) is 7.57. The van der Waals surface area contributed by atoms with E-state index in [4.69, 9.17) is 0 Å². The number of imide groups is 1. The molecule has 1 heterocycles. The lowest BCUT2D eigenvalue weighted by molar-refractivity contribution is -0.131. The van der Waals surface area contributed by atoms with Crippen molar-refractivity contribution in [1.29, 1.82) is 0 Å². The third kappa shape index (κ3) is 4.27. The van der Waals surface area contributed by atoms with E-state index in [0.717, 1.165) is 29.9 Å². The molecule has 2 aliphatic rings. The molecule has 10 heteroatoms. The molecular weight excluding hydrogens is 398 g/mol. The summed E-state index contributed by atoms with van der Waals surface area (Å²) in [6.45, 7) is 0.0790. The maximum atomic E-state index is 13.5. The minimum absolute atomic E-state index is 0.0543. The Hall–Kier alpha value is -3.04. The summed E-state index contributed by atoms with van der Waals surface area (Å²) in [5, 5.41) is 7.62. The van der Waals surface area contributed by atoms with Gasteiger partial charge < -0.3 is 16.0 Å². The summed E-state index contributed by atoms with van der Waals surface area (Å²) < 4.78 is 26.7. The van der Waals surface area contributed by atoms with Gasteiger partial charge in [0, 0.05) is 20.0 Å². The maximum Gasteiger partial charge on any atom is 0.325 e. The number of amides is 5. The van der Waals surface area contributed by atoms with Gasteiger partial charge in [0.2, 0.25) is 11.8 Å². The first-order valence-corrected chi connectivity index (χ1v) is 9.87. The van der Waals surface area contributed by atoms with Crippen molar-refractivity contribution in [2.45, 2.75) is 50.1 Å². The Morgan fingerprint density at radius 2 is 1.90 bits per heavy atom. The van der Waals surface area contributed by atoms with E-state index in [1.165, 1.54) is 13.1 Å². The minimum atomic E-state index is -1.20. The third-order valence-electron chi connectivity index (χ3n) is 5.58. The number of benzene rings is 1. The largest absolute Gasteiger partial charge is 0.357 e. The van der Waals surface area contributed by atoms with Crippen molar-refractivity contribution in [3.63, 3.8) is 0 Å². The Kier molecular flexibility index (Phi) is 6.33.